The van der Waals surface area contributed by atoms with Gasteiger partial charge in [-0.2, -0.15) is 13.2 Å². The molecule has 0 saturated carbocycles. The molecule has 2 aromatic rings. The fourth-order valence-electron chi connectivity index (χ4n) is 1.81. The van der Waals surface area contributed by atoms with Crippen LogP contribution < -0.4 is 17.0 Å². The molecule has 0 aliphatic carbocycles. The number of alkyl halides is 3. The number of nitrogens with zero attached hydrogens (tertiary/aromatic N) is 1. The van der Waals surface area contributed by atoms with Crippen LogP contribution in [0.25, 0.3) is 11.8 Å². The number of ketones is 1. The van der Waals surface area contributed by atoms with Gasteiger partial charge in [-0.25, -0.2) is 9.36 Å². The molecule has 3 N–H and O–H groups in total. The molecule has 0 radical (unpaired) electrons. The highest BCUT2D eigenvalue weighted by atomic mass is 19.4. The standard InChI is InChI=1S/C14H10F3N3O3/c15-14(16,17)10(21)7-6-9-11(18)20(13(23)19-12(9)22)8-4-2-1-3-5-8/h1-7H,18H2,(H,19,22,23)/b7-6+. The van der Waals surface area contributed by atoms with Gasteiger partial charge in [0.25, 0.3) is 11.3 Å². The highest BCUT2D eigenvalue weighted by Crippen LogP contribution is 2.18. The normalized spacial score (nSPS) is 11.8. The summed E-state index contributed by atoms with van der Waals surface area (Å²) in [5, 5.41) is 0. The van der Waals surface area contributed by atoms with Gasteiger partial charge in [0.15, 0.2) is 0 Å². The van der Waals surface area contributed by atoms with E-state index in [-0.39, 0.29) is 11.9 Å². The van der Waals surface area contributed by atoms with Crippen LogP contribution in [0.3, 0.4) is 0 Å². The molecule has 23 heavy (non-hydrogen) atoms. The zero-order valence-electron chi connectivity index (χ0n) is 11.4. The van der Waals surface area contributed by atoms with Crippen molar-refractivity contribution in [3.63, 3.8) is 0 Å². The minimum Gasteiger partial charge on any atom is -0.384 e. The number of hydrogen-bond acceptors (Lipinski definition) is 4. The first-order valence-electron chi connectivity index (χ1n) is 6.21. The van der Waals surface area contributed by atoms with E-state index in [1.807, 2.05) is 4.98 Å². The average Bonchev–Trinajstić information content (AvgIpc) is 2.46. The van der Waals surface area contributed by atoms with Gasteiger partial charge in [0, 0.05) is 0 Å². The molecule has 1 aromatic heterocycles. The van der Waals surface area contributed by atoms with Crippen molar-refractivity contribution in [1.29, 1.82) is 0 Å². The van der Waals surface area contributed by atoms with Gasteiger partial charge < -0.3 is 5.73 Å². The third-order valence-corrected chi connectivity index (χ3v) is 2.88. The van der Waals surface area contributed by atoms with E-state index in [4.69, 9.17) is 5.73 Å². The van der Waals surface area contributed by atoms with Gasteiger partial charge in [-0.3, -0.25) is 14.6 Å². The van der Waals surface area contributed by atoms with E-state index in [0.29, 0.717) is 11.8 Å². The van der Waals surface area contributed by atoms with Crippen LogP contribution in [-0.4, -0.2) is 21.5 Å². The van der Waals surface area contributed by atoms with Crippen LogP contribution >= 0.6 is 0 Å². The van der Waals surface area contributed by atoms with Gasteiger partial charge >= 0.3 is 11.9 Å². The number of rotatable bonds is 3. The molecule has 0 saturated heterocycles. The molecular formula is C14H10F3N3O3. The molecule has 6 nitrogen and oxygen atoms in total. The Hall–Kier alpha value is -3.10. The maximum absolute atomic E-state index is 12.2. The number of aromatic amines is 1. The first-order chi connectivity index (χ1) is 10.7. The van der Waals surface area contributed by atoms with Crippen LogP contribution in [0.2, 0.25) is 0 Å². The summed E-state index contributed by atoms with van der Waals surface area (Å²) < 4.78 is 37.5. The zero-order chi connectivity index (χ0) is 17.2. The second kappa shape index (κ2) is 5.95. The van der Waals surface area contributed by atoms with E-state index < -0.39 is 28.8 Å². The number of carbonyl (C=O) groups excluding carboxylic acids is 1. The summed E-state index contributed by atoms with van der Waals surface area (Å²) in [6.07, 6.45) is -4.25. The molecule has 0 aliphatic rings. The van der Waals surface area contributed by atoms with Crippen molar-refractivity contribution in [2.45, 2.75) is 6.18 Å². The SMILES string of the molecule is Nc1c(/C=C/C(=O)C(F)(F)F)c(=O)[nH]c(=O)n1-c1ccccc1. The van der Waals surface area contributed by atoms with Crippen molar-refractivity contribution in [3.8, 4) is 5.69 Å². The molecule has 0 bridgehead atoms. The quantitative estimate of drug-likeness (QED) is 0.830. The zero-order valence-corrected chi connectivity index (χ0v) is 11.4. The molecule has 1 heterocycles. The number of benzene rings is 1. The number of para-hydroxylation sites is 1. The predicted octanol–water partition coefficient (Wildman–Crippen LogP) is 1.25. The summed E-state index contributed by atoms with van der Waals surface area (Å²) >= 11 is 0. The lowest BCUT2D eigenvalue weighted by atomic mass is 10.2. The molecular weight excluding hydrogens is 315 g/mol. The van der Waals surface area contributed by atoms with Crippen LogP contribution in [0.4, 0.5) is 19.0 Å². The van der Waals surface area contributed by atoms with Gasteiger partial charge in [0.05, 0.1) is 11.3 Å². The third-order valence-electron chi connectivity index (χ3n) is 2.88. The molecule has 0 amide bonds. The third kappa shape index (κ3) is 3.39. The van der Waals surface area contributed by atoms with Gasteiger partial charge in [-0.05, 0) is 24.3 Å². The Morgan fingerprint density at radius 2 is 1.78 bits per heavy atom. The van der Waals surface area contributed by atoms with Crippen LogP contribution in [0.5, 0.6) is 0 Å². The van der Waals surface area contributed by atoms with Crippen molar-refractivity contribution in [1.82, 2.24) is 9.55 Å². The summed E-state index contributed by atoms with van der Waals surface area (Å²) in [6.45, 7) is 0. The maximum Gasteiger partial charge on any atom is 0.454 e. The largest absolute Gasteiger partial charge is 0.454 e. The smallest absolute Gasteiger partial charge is 0.384 e. The van der Waals surface area contributed by atoms with E-state index >= 15 is 0 Å². The molecule has 0 aliphatic heterocycles. The fourth-order valence-corrected chi connectivity index (χ4v) is 1.81. The van der Waals surface area contributed by atoms with Gasteiger partial charge in [0.1, 0.15) is 5.82 Å². The molecule has 0 atom stereocenters. The van der Waals surface area contributed by atoms with Crippen molar-refractivity contribution in [2.75, 3.05) is 5.73 Å². The number of halogens is 3. The summed E-state index contributed by atoms with van der Waals surface area (Å²) in [5.41, 5.74) is 3.75. The first kappa shape index (κ1) is 16.3. The Kier molecular flexibility index (Phi) is 4.21. The van der Waals surface area contributed by atoms with E-state index in [0.717, 1.165) is 4.57 Å². The van der Waals surface area contributed by atoms with Crippen molar-refractivity contribution in [3.05, 3.63) is 62.8 Å². The number of anilines is 1. The Balaban J connectivity index is 2.59. The monoisotopic (exact) mass is 325 g/mol. The Morgan fingerprint density at radius 3 is 2.35 bits per heavy atom. The summed E-state index contributed by atoms with van der Waals surface area (Å²) in [6, 6.07) is 7.93. The van der Waals surface area contributed by atoms with Gasteiger partial charge in [0.2, 0.25) is 0 Å². The van der Waals surface area contributed by atoms with Crippen LogP contribution in [0, 0.1) is 0 Å². The average molecular weight is 325 g/mol. The molecule has 2 rings (SSSR count). The number of hydrogen-bond donors (Lipinski definition) is 2. The number of nitrogen functional groups attached to an aromatic ring is 1. The van der Waals surface area contributed by atoms with E-state index in [1.165, 1.54) is 12.1 Å². The van der Waals surface area contributed by atoms with E-state index in [9.17, 15) is 27.6 Å². The summed E-state index contributed by atoms with van der Waals surface area (Å²) in [7, 11) is 0. The van der Waals surface area contributed by atoms with E-state index in [1.54, 1.807) is 18.2 Å². The lowest BCUT2D eigenvalue weighted by Gasteiger charge is -2.10. The molecule has 0 fully saturated rings. The topological polar surface area (TPSA) is 98.0 Å². The molecule has 0 spiro atoms. The van der Waals surface area contributed by atoms with Crippen LogP contribution in [0.1, 0.15) is 5.56 Å². The summed E-state index contributed by atoms with van der Waals surface area (Å²) in [4.78, 5) is 36.4. The second-order valence-electron chi connectivity index (χ2n) is 4.42. The molecule has 0 unspecified atom stereocenters. The number of allylic oxidation sites excluding steroid dienone is 1. The number of aromatic nitrogens is 2. The molecule has 120 valence electrons. The van der Waals surface area contributed by atoms with Crippen LogP contribution in [-0.2, 0) is 4.79 Å². The number of carbonyl (C=O) groups is 1. The van der Waals surface area contributed by atoms with Crippen molar-refractivity contribution < 1.29 is 18.0 Å². The fraction of sp³-hybridized carbons (Fsp3) is 0.0714. The van der Waals surface area contributed by atoms with Gasteiger partial charge in [-0.15, -0.1) is 0 Å². The minimum absolute atomic E-state index is 0.181. The van der Waals surface area contributed by atoms with Gasteiger partial charge in [-0.1, -0.05) is 18.2 Å². The highest BCUT2D eigenvalue weighted by Gasteiger charge is 2.36. The highest BCUT2D eigenvalue weighted by molar-refractivity contribution is 5.98. The maximum atomic E-state index is 12.2. The van der Waals surface area contributed by atoms with Crippen LogP contribution in [0.15, 0.2) is 46.0 Å². The number of nitrogens with one attached hydrogen (secondary N) is 1. The lowest BCUT2D eigenvalue weighted by molar-refractivity contribution is -0.165. The molecule has 9 heteroatoms. The Bertz CT molecular complexity index is 880. The summed E-state index contributed by atoms with van der Waals surface area (Å²) in [5.74, 6) is -2.52. The number of H-pyrrole nitrogens is 1. The lowest BCUT2D eigenvalue weighted by Crippen LogP contribution is -2.32. The predicted molar refractivity (Wildman–Crippen MR) is 77.2 cm³/mol. The van der Waals surface area contributed by atoms with Crippen molar-refractivity contribution >= 4 is 17.7 Å². The first-order valence-corrected chi connectivity index (χ1v) is 6.21. The Labute approximate surface area is 126 Å². The Morgan fingerprint density at radius 1 is 1.17 bits per heavy atom. The second-order valence-corrected chi connectivity index (χ2v) is 4.42. The van der Waals surface area contributed by atoms with E-state index in [2.05, 4.69) is 0 Å². The molecule has 1 aromatic carbocycles. The van der Waals surface area contributed by atoms with Crippen molar-refractivity contribution in [2.24, 2.45) is 0 Å². The minimum atomic E-state index is -5.06. The number of nitrogens with two attached hydrogens (primary N) is 1.